The first kappa shape index (κ1) is 13.9. The molecule has 100 valence electrons. The molecule has 0 unspecified atom stereocenters. The Kier molecular flexibility index (Phi) is 5.51. The Morgan fingerprint density at radius 2 is 2.22 bits per heavy atom. The fourth-order valence-electron chi connectivity index (χ4n) is 2.52. The van der Waals surface area contributed by atoms with Crippen molar-refractivity contribution in [3.05, 3.63) is 28.7 Å². The topological polar surface area (TPSA) is 12.5 Å². The molecule has 0 aliphatic carbocycles. The van der Waals surface area contributed by atoms with Gasteiger partial charge in [0, 0.05) is 13.1 Å². The highest BCUT2D eigenvalue weighted by Gasteiger charge is 2.15. The molecule has 1 atom stereocenters. The van der Waals surface area contributed by atoms with Crippen LogP contribution in [0.15, 0.2) is 28.7 Å². The van der Waals surface area contributed by atoms with Crippen LogP contribution in [0.2, 0.25) is 0 Å². The molecule has 18 heavy (non-hydrogen) atoms. The van der Waals surface area contributed by atoms with Gasteiger partial charge in [0.05, 0.1) is 11.1 Å². The van der Waals surface area contributed by atoms with Crippen molar-refractivity contribution >= 4 is 15.9 Å². The third-order valence-corrected chi connectivity index (χ3v) is 4.11. The number of benzene rings is 1. The van der Waals surface area contributed by atoms with Crippen molar-refractivity contribution < 1.29 is 4.74 Å². The van der Waals surface area contributed by atoms with Crippen LogP contribution in [0.1, 0.15) is 26.2 Å². The molecule has 0 N–H and O–H groups in total. The summed E-state index contributed by atoms with van der Waals surface area (Å²) in [6.07, 6.45) is 3.85. The minimum Gasteiger partial charge on any atom is -0.492 e. The van der Waals surface area contributed by atoms with Crippen molar-refractivity contribution in [1.82, 2.24) is 4.90 Å². The first-order chi connectivity index (χ1) is 8.75. The third-order valence-electron chi connectivity index (χ3n) is 3.45. The first-order valence-corrected chi connectivity index (χ1v) is 7.64. The second-order valence-corrected chi connectivity index (χ2v) is 6.03. The fourth-order valence-corrected chi connectivity index (χ4v) is 2.92. The second kappa shape index (κ2) is 7.15. The smallest absolute Gasteiger partial charge is 0.133 e. The maximum absolute atomic E-state index is 5.78. The van der Waals surface area contributed by atoms with Crippen molar-refractivity contribution in [2.75, 3.05) is 26.2 Å². The molecule has 2 nitrogen and oxygen atoms in total. The van der Waals surface area contributed by atoms with Crippen LogP contribution in [0.4, 0.5) is 0 Å². The number of para-hydroxylation sites is 1. The summed E-state index contributed by atoms with van der Waals surface area (Å²) >= 11 is 3.50. The molecule has 0 radical (unpaired) electrons. The molecule has 0 bridgehead atoms. The van der Waals surface area contributed by atoms with Crippen LogP contribution < -0.4 is 4.74 Å². The Bertz CT molecular complexity index is 369. The predicted octanol–water partition coefficient (Wildman–Crippen LogP) is 3.95. The molecule has 1 aliphatic heterocycles. The summed E-state index contributed by atoms with van der Waals surface area (Å²) < 4.78 is 6.82. The normalized spacial score (nSPS) is 20.9. The highest BCUT2D eigenvalue weighted by molar-refractivity contribution is 9.10. The van der Waals surface area contributed by atoms with Gasteiger partial charge in [-0.2, -0.15) is 0 Å². The van der Waals surface area contributed by atoms with Crippen LogP contribution in [0.25, 0.3) is 0 Å². The largest absolute Gasteiger partial charge is 0.492 e. The standard InChI is InChI=1S/C15H22BrNO/c1-13-6-4-9-17(12-13)10-5-11-18-15-8-3-2-7-14(15)16/h2-3,7-8,13H,4-6,9-12H2,1H3/t13-/m1/s1. The summed E-state index contributed by atoms with van der Waals surface area (Å²) in [5, 5.41) is 0. The Morgan fingerprint density at radius 1 is 1.39 bits per heavy atom. The molecule has 1 heterocycles. The summed E-state index contributed by atoms with van der Waals surface area (Å²) in [7, 11) is 0. The van der Waals surface area contributed by atoms with Gasteiger partial charge >= 0.3 is 0 Å². The Labute approximate surface area is 118 Å². The zero-order valence-electron chi connectivity index (χ0n) is 11.1. The monoisotopic (exact) mass is 311 g/mol. The number of hydrogen-bond acceptors (Lipinski definition) is 2. The quantitative estimate of drug-likeness (QED) is 0.763. The van der Waals surface area contributed by atoms with Crippen LogP contribution in [0, 0.1) is 5.92 Å². The Hall–Kier alpha value is -0.540. The maximum atomic E-state index is 5.78. The molecule has 0 amide bonds. The summed E-state index contributed by atoms with van der Waals surface area (Å²) in [5.74, 6) is 1.81. The van der Waals surface area contributed by atoms with Crippen LogP contribution in [-0.2, 0) is 0 Å². The van der Waals surface area contributed by atoms with E-state index < -0.39 is 0 Å². The van der Waals surface area contributed by atoms with Gasteiger partial charge in [0.15, 0.2) is 0 Å². The molecule has 0 saturated carbocycles. The number of halogens is 1. The van der Waals surface area contributed by atoms with Crippen molar-refractivity contribution in [1.29, 1.82) is 0 Å². The highest BCUT2D eigenvalue weighted by Crippen LogP contribution is 2.23. The molecular weight excluding hydrogens is 290 g/mol. The van der Waals surface area contributed by atoms with Crippen LogP contribution >= 0.6 is 15.9 Å². The number of rotatable bonds is 5. The van der Waals surface area contributed by atoms with E-state index >= 15 is 0 Å². The Balaban J connectivity index is 1.65. The van der Waals surface area contributed by atoms with E-state index in [0.29, 0.717) is 0 Å². The molecule has 1 aromatic rings. The lowest BCUT2D eigenvalue weighted by atomic mass is 10.0. The number of piperidine rings is 1. The first-order valence-electron chi connectivity index (χ1n) is 6.85. The Morgan fingerprint density at radius 3 is 3.00 bits per heavy atom. The molecule has 0 aromatic heterocycles. The van der Waals surface area contributed by atoms with E-state index in [9.17, 15) is 0 Å². The van der Waals surface area contributed by atoms with E-state index in [2.05, 4.69) is 27.8 Å². The minimum absolute atomic E-state index is 0.799. The van der Waals surface area contributed by atoms with Crippen LogP contribution in [-0.4, -0.2) is 31.1 Å². The van der Waals surface area contributed by atoms with Gasteiger partial charge in [0.2, 0.25) is 0 Å². The highest BCUT2D eigenvalue weighted by atomic mass is 79.9. The van der Waals surface area contributed by atoms with Gasteiger partial charge in [0.25, 0.3) is 0 Å². The van der Waals surface area contributed by atoms with Crippen LogP contribution in [0.5, 0.6) is 5.75 Å². The van der Waals surface area contributed by atoms with E-state index in [0.717, 1.165) is 35.7 Å². The van der Waals surface area contributed by atoms with E-state index in [1.165, 1.54) is 25.9 Å². The van der Waals surface area contributed by atoms with Crippen molar-refractivity contribution in [2.45, 2.75) is 26.2 Å². The number of nitrogens with zero attached hydrogens (tertiary/aromatic N) is 1. The lowest BCUT2D eigenvalue weighted by molar-refractivity contribution is 0.170. The number of hydrogen-bond donors (Lipinski definition) is 0. The van der Waals surface area contributed by atoms with Gasteiger partial charge in [-0.3, -0.25) is 0 Å². The van der Waals surface area contributed by atoms with Gasteiger partial charge < -0.3 is 9.64 Å². The van der Waals surface area contributed by atoms with Crippen LogP contribution in [0.3, 0.4) is 0 Å². The molecule has 1 aliphatic rings. The third kappa shape index (κ3) is 4.29. The summed E-state index contributed by atoms with van der Waals surface area (Å²) in [5.41, 5.74) is 0. The molecule has 0 spiro atoms. The number of likely N-dealkylation sites (tertiary alicyclic amines) is 1. The number of ether oxygens (including phenoxy) is 1. The van der Waals surface area contributed by atoms with Gasteiger partial charge in [-0.1, -0.05) is 19.1 Å². The van der Waals surface area contributed by atoms with E-state index in [1.54, 1.807) is 0 Å². The van der Waals surface area contributed by atoms with Crippen molar-refractivity contribution in [3.63, 3.8) is 0 Å². The van der Waals surface area contributed by atoms with E-state index in [-0.39, 0.29) is 0 Å². The van der Waals surface area contributed by atoms with Gasteiger partial charge in [-0.25, -0.2) is 0 Å². The SMILES string of the molecule is C[C@@H]1CCCN(CCCOc2ccccc2Br)C1. The molecule has 1 fully saturated rings. The van der Waals surface area contributed by atoms with Crippen molar-refractivity contribution in [3.8, 4) is 5.75 Å². The second-order valence-electron chi connectivity index (χ2n) is 5.18. The average molecular weight is 312 g/mol. The summed E-state index contributed by atoms with van der Waals surface area (Å²) in [6, 6.07) is 8.03. The molecule has 3 heteroatoms. The van der Waals surface area contributed by atoms with Crippen molar-refractivity contribution in [2.24, 2.45) is 5.92 Å². The minimum atomic E-state index is 0.799. The molecule has 1 saturated heterocycles. The zero-order chi connectivity index (χ0) is 12.8. The van der Waals surface area contributed by atoms with Gasteiger partial charge in [0.1, 0.15) is 5.75 Å². The lowest BCUT2D eigenvalue weighted by Crippen LogP contribution is -2.35. The molecule has 2 rings (SSSR count). The summed E-state index contributed by atoms with van der Waals surface area (Å²) in [4.78, 5) is 2.57. The van der Waals surface area contributed by atoms with Gasteiger partial charge in [-0.05, 0) is 59.8 Å². The maximum Gasteiger partial charge on any atom is 0.133 e. The van der Waals surface area contributed by atoms with E-state index in [4.69, 9.17) is 4.74 Å². The fraction of sp³-hybridized carbons (Fsp3) is 0.600. The molecule has 1 aromatic carbocycles. The summed E-state index contributed by atoms with van der Waals surface area (Å²) in [6.45, 7) is 6.83. The van der Waals surface area contributed by atoms with Gasteiger partial charge in [-0.15, -0.1) is 0 Å². The zero-order valence-corrected chi connectivity index (χ0v) is 12.7. The predicted molar refractivity (Wildman–Crippen MR) is 79.1 cm³/mol. The molecular formula is C15H22BrNO. The average Bonchev–Trinajstić information content (AvgIpc) is 2.37. The lowest BCUT2D eigenvalue weighted by Gasteiger charge is -2.30. The van der Waals surface area contributed by atoms with E-state index in [1.807, 2.05) is 24.3 Å².